The molecule has 0 saturated heterocycles. The minimum Gasteiger partial charge on any atom is -0.300 e. The maximum atomic E-state index is 11.3. The van der Waals surface area contributed by atoms with Crippen molar-refractivity contribution in [2.75, 3.05) is 0 Å². The van der Waals surface area contributed by atoms with E-state index in [0.717, 1.165) is 21.5 Å². The molecule has 0 amide bonds. The molecule has 19 heavy (non-hydrogen) atoms. The summed E-state index contributed by atoms with van der Waals surface area (Å²) in [5.74, 6) is 0.142. The molecule has 0 radical (unpaired) electrons. The number of aryl methyl sites for hydroxylation is 3. The molecule has 0 saturated carbocycles. The van der Waals surface area contributed by atoms with E-state index < -0.39 is 0 Å². The number of Topliss-reactive ketones (excluding diaryl/α,β-unsaturated/α-hetero) is 1. The molecule has 2 aromatic rings. The fourth-order valence-electron chi connectivity index (χ4n) is 2.23. The number of nitrogens with zero attached hydrogens (tertiary/aromatic N) is 2. The molecule has 100 valence electrons. The van der Waals surface area contributed by atoms with Crippen molar-refractivity contribution < 1.29 is 4.79 Å². The summed E-state index contributed by atoms with van der Waals surface area (Å²) in [6.45, 7) is 7.66. The number of halogens is 1. The van der Waals surface area contributed by atoms with Crippen LogP contribution in [0.4, 0.5) is 0 Å². The Morgan fingerprint density at radius 2 is 1.79 bits per heavy atom. The van der Waals surface area contributed by atoms with Crippen LogP contribution in [0.5, 0.6) is 0 Å². The summed E-state index contributed by atoms with van der Waals surface area (Å²) in [7, 11) is 0. The van der Waals surface area contributed by atoms with E-state index in [9.17, 15) is 4.79 Å². The van der Waals surface area contributed by atoms with Crippen LogP contribution in [0.1, 0.15) is 29.3 Å². The first-order chi connectivity index (χ1) is 8.88. The van der Waals surface area contributed by atoms with E-state index in [1.807, 2.05) is 11.6 Å². The molecule has 1 aromatic carbocycles. The van der Waals surface area contributed by atoms with E-state index >= 15 is 0 Å². The second kappa shape index (κ2) is 5.29. The maximum Gasteiger partial charge on any atom is 0.134 e. The smallest absolute Gasteiger partial charge is 0.134 e. The highest BCUT2D eigenvalue weighted by atomic mass is 79.9. The lowest BCUT2D eigenvalue weighted by molar-refractivity contribution is -0.116. The zero-order valence-corrected chi connectivity index (χ0v) is 13.2. The van der Waals surface area contributed by atoms with Gasteiger partial charge in [-0.15, -0.1) is 0 Å². The van der Waals surface area contributed by atoms with Crippen molar-refractivity contribution in [3.8, 4) is 5.69 Å². The number of aromatic nitrogens is 2. The summed E-state index contributed by atoms with van der Waals surface area (Å²) in [6, 6.07) is 6.30. The molecule has 0 bridgehead atoms. The van der Waals surface area contributed by atoms with E-state index in [0.29, 0.717) is 6.42 Å². The van der Waals surface area contributed by atoms with Crippen LogP contribution in [0.2, 0.25) is 0 Å². The van der Waals surface area contributed by atoms with Crippen molar-refractivity contribution in [2.45, 2.75) is 34.1 Å². The maximum absolute atomic E-state index is 11.3. The third-order valence-corrected chi connectivity index (χ3v) is 3.81. The zero-order valence-electron chi connectivity index (χ0n) is 11.6. The molecule has 0 aliphatic rings. The molecule has 1 aromatic heterocycles. The van der Waals surface area contributed by atoms with Gasteiger partial charge in [-0.3, -0.25) is 4.79 Å². The highest BCUT2D eigenvalue weighted by molar-refractivity contribution is 9.10. The van der Waals surface area contributed by atoms with Gasteiger partial charge in [0.2, 0.25) is 0 Å². The largest absolute Gasteiger partial charge is 0.300 e. The quantitative estimate of drug-likeness (QED) is 0.864. The van der Waals surface area contributed by atoms with Crippen molar-refractivity contribution in [1.82, 2.24) is 9.78 Å². The van der Waals surface area contributed by atoms with Crippen LogP contribution < -0.4 is 0 Å². The Balaban J connectivity index is 2.54. The standard InChI is InChI=1S/C15H17BrN2O/c1-9-5-10(2)7-13(6-9)18-15(16)14(8-11(3)19)12(4)17-18/h5-7H,8H2,1-4H3. The Bertz CT molecular complexity index is 624. The lowest BCUT2D eigenvalue weighted by Gasteiger charge is -2.06. The van der Waals surface area contributed by atoms with Gasteiger partial charge >= 0.3 is 0 Å². The van der Waals surface area contributed by atoms with Gasteiger partial charge in [0.25, 0.3) is 0 Å². The van der Waals surface area contributed by atoms with E-state index in [-0.39, 0.29) is 5.78 Å². The molecule has 2 rings (SSSR count). The van der Waals surface area contributed by atoms with E-state index in [4.69, 9.17) is 0 Å². The first kappa shape index (κ1) is 14.0. The summed E-state index contributed by atoms with van der Waals surface area (Å²) < 4.78 is 2.72. The Hall–Kier alpha value is -1.42. The number of rotatable bonds is 3. The van der Waals surface area contributed by atoms with Gasteiger partial charge in [0.1, 0.15) is 10.4 Å². The topological polar surface area (TPSA) is 34.9 Å². The van der Waals surface area contributed by atoms with Crippen molar-refractivity contribution in [3.05, 3.63) is 45.2 Å². The first-order valence-corrected chi connectivity index (χ1v) is 7.00. The molecular weight excluding hydrogens is 304 g/mol. The second-order valence-corrected chi connectivity index (χ2v) is 5.74. The first-order valence-electron chi connectivity index (χ1n) is 6.20. The highest BCUT2D eigenvalue weighted by Crippen LogP contribution is 2.25. The zero-order chi connectivity index (χ0) is 14.2. The van der Waals surface area contributed by atoms with Gasteiger partial charge in [0.15, 0.2) is 0 Å². The fraction of sp³-hybridized carbons (Fsp3) is 0.333. The van der Waals surface area contributed by atoms with Crippen LogP contribution in [0.25, 0.3) is 5.69 Å². The summed E-state index contributed by atoms with van der Waals surface area (Å²) in [6.07, 6.45) is 0.414. The molecule has 4 heteroatoms. The number of hydrogen-bond acceptors (Lipinski definition) is 2. The van der Waals surface area contributed by atoms with Crippen LogP contribution >= 0.6 is 15.9 Å². The lowest BCUT2D eigenvalue weighted by atomic mass is 10.1. The average molecular weight is 321 g/mol. The predicted octanol–water partition coefficient (Wildman–Crippen LogP) is 3.69. The van der Waals surface area contributed by atoms with Crippen molar-refractivity contribution in [2.24, 2.45) is 0 Å². The molecular formula is C15H17BrN2O. The summed E-state index contributed by atoms with van der Waals surface area (Å²) in [5, 5.41) is 4.53. The van der Waals surface area contributed by atoms with Crippen LogP contribution in [0, 0.1) is 20.8 Å². The molecule has 1 heterocycles. The van der Waals surface area contributed by atoms with Crippen molar-refractivity contribution >= 4 is 21.7 Å². The normalized spacial score (nSPS) is 10.8. The Morgan fingerprint density at radius 3 is 2.32 bits per heavy atom. The van der Waals surface area contributed by atoms with Crippen LogP contribution in [0.3, 0.4) is 0 Å². The van der Waals surface area contributed by atoms with Crippen LogP contribution in [0.15, 0.2) is 22.8 Å². The number of carbonyl (C=O) groups is 1. The number of ketones is 1. The molecule has 0 N–H and O–H groups in total. The molecule has 0 aliphatic heterocycles. The van der Waals surface area contributed by atoms with Gasteiger partial charge in [0.05, 0.1) is 11.4 Å². The van der Waals surface area contributed by atoms with Gasteiger partial charge < -0.3 is 0 Å². The minimum atomic E-state index is 0.142. The SMILES string of the molecule is CC(=O)Cc1c(C)nn(-c2cc(C)cc(C)c2)c1Br. The molecule has 0 fully saturated rings. The molecule has 0 spiro atoms. The third kappa shape index (κ3) is 2.95. The van der Waals surface area contributed by atoms with Crippen molar-refractivity contribution in [3.63, 3.8) is 0 Å². The minimum absolute atomic E-state index is 0.142. The third-order valence-electron chi connectivity index (χ3n) is 3.00. The van der Waals surface area contributed by atoms with Gasteiger partial charge in [0, 0.05) is 12.0 Å². The van der Waals surface area contributed by atoms with Gasteiger partial charge in [-0.2, -0.15) is 5.10 Å². The Morgan fingerprint density at radius 1 is 1.21 bits per heavy atom. The molecule has 0 atom stereocenters. The van der Waals surface area contributed by atoms with Gasteiger partial charge in [-0.1, -0.05) is 6.07 Å². The van der Waals surface area contributed by atoms with Crippen LogP contribution in [-0.4, -0.2) is 15.6 Å². The van der Waals surface area contributed by atoms with Crippen molar-refractivity contribution in [1.29, 1.82) is 0 Å². The second-order valence-electron chi connectivity index (χ2n) is 4.99. The fourth-order valence-corrected chi connectivity index (χ4v) is 2.94. The number of carbonyl (C=O) groups excluding carboxylic acids is 1. The number of benzene rings is 1. The molecule has 0 unspecified atom stereocenters. The Labute approximate surface area is 121 Å². The summed E-state index contributed by atoms with van der Waals surface area (Å²) in [5.41, 5.74) is 5.27. The summed E-state index contributed by atoms with van der Waals surface area (Å²) >= 11 is 3.56. The van der Waals surface area contributed by atoms with Gasteiger partial charge in [-0.25, -0.2) is 4.68 Å². The molecule has 3 nitrogen and oxygen atoms in total. The van der Waals surface area contributed by atoms with E-state index in [2.05, 4.69) is 53.1 Å². The predicted molar refractivity (Wildman–Crippen MR) is 79.9 cm³/mol. The lowest BCUT2D eigenvalue weighted by Crippen LogP contribution is -2.00. The Kier molecular flexibility index (Phi) is 3.90. The van der Waals surface area contributed by atoms with Gasteiger partial charge in [-0.05, 0) is 66.9 Å². The summed E-state index contributed by atoms with van der Waals surface area (Å²) in [4.78, 5) is 11.3. The van der Waals surface area contributed by atoms with E-state index in [1.54, 1.807) is 6.92 Å². The molecule has 0 aliphatic carbocycles. The average Bonchev–Trinajstić information content (AvgIpc) is 2.55. The van der Waals surface area contributed by atoms with Crippen LogP contribution in [-0.2, 0) is 11.2 Å². The van der Waals surface area contributed by atoms with E-state index in [1.165, 1.54) is 11.1 Å². The monoisotopic (exact) mass is 320 g/mol. The highest BCUT2D eigenvalue weighted by Gasteiger charge is 2.15. The number of hydrogen-bond donors (Lipinski definition) is 0.